The third-order valence-corrected chi connectivity index (χ3v) is 5.18. The second-order valence-corrected chi connectivity index (χ2v) is 7.40. The van der Waals surface area contributed by atoms with Gasteiger partial charge in [-0.05, 0) is 25.0 Å². The summed E-state index contributed by atoms with van der Waals surface area (Å²) in [6, 6.07) is 3.91. The van der Waals surface area contributed by atoms with Gasteiger partial charge in [0.2, 0.25) is 11.7 Å². The smallest absolute Gasteiger partial charge is 0.231 e. The van der Waals surface area contributed by atoms with Gasteiger partial charge >= 0.3 is 0 Å². The van der Waals surface area contributed by atoms with Crippen LogP contribution in [0.1, 0.15) is 63.7 Å². The summed E-state index contributed by atoms with van der Waals surface area (Å²) in [6.07, 6.45) is 10.3. The second kappa shape index (κ2) is 10.1. The monoisotopic (exact) mass is 385 g/mol. The molecule has 0 radical (unpaired) electrons. The molecule has 1 atom stereocenters. The van der Waals surface area contributed by atoms with Crippen LogP contribution in [0.4, 0.5) is 5.82 Å². The van der Waals surface area contributed by atoms with Gasteiger partial charge in [0.05, 0.1) is 5.92 Å². The summed E-state index contributed by atoms with van der Waals surface area (Å²) in [5, 5.41) is 15.0. The largest absolute Gasteiger partial charge is 0.370 e. The quantitative estimate of drug-likeness (QED) is 0.325. The van der Waals surface area contributed by atoms with Crippen molar-refractivity contribution in [2.45, 2.75) is 57.8 Å². The van der Waals surface area contributed by atoms with Crippen LogP contribution in [0.15, 0.2) is 22.9 Å². The highest BCUT2D eigenvalue weighted by atomic mass is 16.5. The maximum Gasteiger partial charge on any atom is 0.231 e. The number of guanidine groups is 1. The van der Waals surface area contributed by atoms with Gasteiger partial charge in [-0.25, -0.2) is 4.98 Å². The first-order chi connectivity index (χ1) is 13.7. The SMILES string of the molecule is CCCCCCCCNc1ccc(-c2noc(C3CCN(C(=N)N)C3)n2)cn1. The Hall–Kier alpha value is -2.64. The van der Waals surface area contributed by atoms with Gasteiger partial charge in [-0.1, -0.05) is 44.2 Å². The Bertz CT molecular complexity index is 743. The number of likely N-dealkylation sites (tertiary alicyclic amines) is 1. The van der Waals surface area contributed by atoms with Crippen LogP contribution in [0.3, 0.4) is 0 Å². The Morgan fingerprint density at radius 3 is 2.82 bits per heavy atom. The van der Waals surface area contributed by atoms with E-state index >= 15 is 0 Å². The van der Waals surface area contributed by atoms with Gasteiger partial charge in [-0.3, -0.25) is 5.41 Å². The van der Waals surface area contributed by atoms with Crippen molar-refractivity contribution in [3.05, 3.63) is 24.2 Å². The van der Waals surface area contributed by atoms with E-state index < -0.39 is 0 Å². The maximum atomic E-state index is 7.52. The minimum absolute atomic E-state index is 0.0930. The molecule has 0 bridgehead atoms. The maximum absolute atomic E-state index is 7.52. The van der Waals surface area contributed by atoms with Crippen molar-refractivity contribution in [1.29, 1.82) is 5.41 Å². The molecule has 0 saturated carbocycles. The average Bonchev–Trinajstić information content (AvgIpc) is 3.37. The van der Waals surface area contributed by atoms with Crippen molar-refractivity contribution in [3.8, 4) is 11.4 Å². The molecule has 0 aliphatic carbocycles. The van der Waals surface area contributed by atoms with E-state index in [1.54, 1.807) is 6.20 Å². The van der Waals surface area contributed by atoms with Gasteiger partial charge in [0.15, 0.2) is 5.96 Å². The second-order valence-electron chi connectivity index (χ2n) is 7.40. The fourth-order valence-corrected chi connectivity index (χ4v) is 3.45. The van der Waals surface area contributed by atoms with E-state index in [1.807, 2.05) is 17.0 Å². The van der Waals surface area contributed by atoms with E-state index in [0.29, 0.717) is 18.3 Å². The summed E-state index contributed by atoms with van der Waals surface area (Å²) in [4.78, 5) is 10.8. The lowest BCUT2D eigenvalue weighted by atomic mass is 10.1. The number of aromatic nitrogens is 3. The molecule has 3 rings (SSSR count). The number of rotatable bonds is 10. The summed E-state index contributed by atoms with van der Waals surface area (Å²) in [5.74, 6) is 2.23. The molecule has 0 amide bonds. The van der Waals surface area contributed by atoms with Crippen LogP contribution in [0, 0.1) is 5.41 Å². The first-order valence-corrected chi connectivity index (χ1v) is 10.3. The molecule has 0 spiro atoms. The van der Waals surface area contributed by atoms with Crippen LogP contribution >= 0.6 is 0 Å². The molecule has 8 heteroatoms. The van der Waals surface area contributed by atoms with Crippen molar-refractivity contribution in [2.24, 2.45) is 5.73 Å². The molecule has 2 aromatic rings. The Balaban J connectivity index is 1.46. The van der Waals surface area contributed by atoms with Gasteiger partial charge in [0, 0.05) is 31.4 Å². The molecular weight excluding hydrogens is 354 g/mol. The number of anilines is 1. The average molecular weight is 386 g/mol. The zero-order valence-electron chi connectivity index (χ0n) is 16.7. The Morgan fingerprint density at radius 2 is 2.11 bits per heavy atom. The van der Waals surface area contributed by atoms with Crippen LogP contribution in [-0.2, 0) is 0 Å². The van der Waals surface area contributed by atoms with E-state index in [9.17, 15) is 0 Å². The lowest BCUT2D eigenvalue weighted by Crippen LogP contribution is -2.34. The van der Waals surface area contributed by atoms with Crippen molar-refractivity contribution >= 4 is 11.8 Å². The van der Waals surface area contributed by atoms with Gasteiger partial charge in [-0.15, -0.1) is 0 Å². The highest BCUT2D eigenvalue weighted by molar-refractivity contribution is 5.75. The number of nitrogens with zero attached hydrogens (tertiary/aromatic N) is 4. The summed E-state index contributed by atoms with van der Waals surface area (Å²) >= 11 is 0. The third kappa shape index (κ3) is 5.43. The topological polar surface area (TPSA) is 117 Å². The normalized spacial score (nSPS) is 16.5. The zero-order chi connectivity index (χ0) is 19.8. The highest BCUT2D eigenvalue weighted by Crippen LogP contribution is 2.27. The van der Waals surface area contributed by atoms with Crippen LogP contribution in [0.5, 0.6) is 0 Å². The Labute approximate surface area is 166 Å². The minimum Gasteiger partial charge on any atom is -0.370 e. The predicted molar refractivity (Wildman–Crippen MR) is 110 cm³/mol. The molecule has 1 aliphatic rings. The van der Waals surface area contributed by atoms with Crippen LogP contribution in [-0.4, -0.2) is 45.6 Å². The lowest BCUT2D eigenvalue weighted by Gasteiger charge is -2.14. The molecule has 3 heterocycles. The van der Waals surface area contributed by atoms with E-state index in [1.165, 1.54) is 38.5 Å². The zero-order valence-corrected chi connectivity index (χ0v) is 16.7. The fraction of sp³-hybridized carbons (Fsp3) is 0.600. The molecule has 1 fully saturated rings. The van der Waals surface area contributed by atoms with E-state index in [-0.39, 0.29) is 11.9 Å². The first kappa shape index (κ1) is 20.1. The van der Waals surface area contributed by atoms with Crippen LogP contribution in [0.25, 0.3) is 11.4 Å². The standard InChI is InChI=1S/C20H31N7O/c1-2-3-4-5-6-7-11-23-17-9-8-15(13-24-17)18-25-19(28-26-18)16-10-12-27(14-16)20(21)22/h8-9,13,16H,2-7,10-12,14H2,1H3,(H3,21,22)(H,23,24). The molecule has 0 aromatic carbocycles. The van der Waals surface area contributed by atoms with Crippen molar-refractivity contribution in [3.63, 3.8) is 0 Å². The van der Waals surface area contributed by atoms with Gasteiger partial charge in [-0.2, -0.15) is 4.98 Å². The van der Waals surface area contributed by atoms with Crippen LogP contribution < -0.4 is 11.1 Å². The summed E-state index contributed by atoms with van der Waals surface area (Å²) in [5.41, 5.74) is 6.38. The summed E-state index contributed by atoms with van der Waals surface area (Å²) < 4.78 is 5.44. The first-order valence-electron chi connectivity index (χ1n) is 10.3. The number of nitrogens with one attached hydrogen (secondary N) is 2. The minimum atomic E-state index is 0.0930. The van der Waals surface area contributed by atoms with Crippen molar-refractivity contribution in [1.82, 2.24) is 20.0 Å². The summed E-state index contributed by atoms with van der Waals surface area (Å²) in [6.45, 7) is 4.58. The summed E-state index contributed by atoms with van der Waals surface area (Å²) in [7, 11) is 0. The predicted octanol–water partition coefficient (Wildman–Crippen LogP) is 3.59. The number of hydrogen-bond acceptors (Lipinski definition) is 6. The van der Waals surface area contributed by atoms with Gasteiger partial charge < -0.3 is 20.5 Å². The van der Waals surface area contributed by atoms with Crippen LogP contribution in [0.2, 0.25) is 0 Å². The van der Waals surface area contributed by atoms with Crippen molar-refractivity contribution < 1.29 is 4.52 Å². The molecule has 1 aliphatic heterocycles. The molecular formula is C20H31N7O. The number of unbranched alkanes of at least 4 members (excludes halogenated alkanes) is 5. The van der Waals surface area contributed by atoms with Gasteiger partial charge in [0.1, 0.15) is 5.82 Å². The highest BCUT2D eigenvalue weighted by Gasteiger charge is 2.29. The fourth-order valence-electron chi connectivity index (χ4n) is 3.45. The van der Waals surface area contributed by atoms with E-state index in [0.717, 1.165) is 30.9 Å². The number of nitrogens with two attached hydrogens (primary N) is 1. The molecule has 28 heavy (non-hydrogen) atoms. The third-order valence-electron chi connectivity index (χ3n) is 5.18. The molecule has 4 N–H and O–H groups in total. The molecule has 1 unspecified atom stereocenters. The Kier molecular flexibility index (Phi) is 7.22. The van der Waals surface area contributed by atoms with Crippen molar-refractivity contribution in [2.75, 3.05) is 25.0 Å². The molecule has 2 aromatic heterocycles. The Morgan fingerprint density at radius 1 is 1.29 bits per heavy atom. The van der Waals surface area contributed by atoms with Gasteiger partial charge in [0.25, 0.3) is 0 Å². The molecule has 1 saturated heterocycles. The molecule has 8 nitrogen and oxygen atoms in total. The number of pyridine rings is 1. The molecule has 152 valence electrons. The van der Waals surface area contributed by atoms with E-state index in [4.69, 9.17) is 15.7 Å². The van der Waals surface area contributed by atoms with E-state index in [2.05, 4.69) is 27.4 Å². The lowest BCUT2D eigenvalue weighted by molar-refractivity contribution is 0.354. The number of hydrogen-bond donors (Lipinski definition) is 3.